The highest BCUT2D eigenvalue weighted by molar-refractivity contribution is 5.27. The van der Waals surface area contributed by atoms with Crippen LogP contribution in [0.15, 0.2) is 18.3 Å². The number of pyridine rings is 1. The molecule has 0 aliphatic rings. The van der Waals surface area contributed by atoms with Crippen LogP contribution in [0.25, 0.3) is 0 Å². The first-order chi connectivity index (χ1) is 6.65. The molecule has 6 nitrogen and oxygen atoms in total. The lowest BCUT2D eigenvalue weighted by Gasteiger charge is -2.08. The summed E-state index contributed by atoms with van der Waals surface area (Å²) in [4.78, 5) is 13.7. The Bertz CT molecular complexity index is 312. The Labute approximate surface area is 80.9 Å². The number of nitrogens with two attached hydrogens (primary N) is 1. The van der Waals surface area contributed by atoms with Crippen LogP contribution < -0.4 is 5.73 Å². The smallest absolute Gasteiger partial charge is 0.287 e. The topological polar surface area (TPSA) is 91.3 Å². The number of hydrogen-bond acceptors (Lipinski definition) is 5. The van der Waals surface area contributed by atoms with Gasteiger partial charge >= 0.3 is 0 Å². The lowest BCUT2D eigenvalue weighted by atomic mass is 10.2. The van der Waals surface area contributed by atoms with Crippen LogP contribution in [-0.4, -0.2) is 23.6 Å². The van der Waals surface area contributed by atoms with Crippen molar-refractivity contribution >= 4 is 5.69 Å². The Kier molecular flexibility index (Phi) is 3.49. The molecule has 1 aromatic heterocycles. The van der Waals surface area contributed by atoms with Gasteiger partial charge in [0.1, 0.15) is 6.20 Å². The van der Waals surface area contributed by atoms with Crippen molar-refractivity contribution in [2.75, 3.05) is 13.7 Å². The van der Waals surface area contributed by atoms with Gasteiger partial charge in [0.25, 0.3) is 5.69 Å². The fourth-order valence-corrected chi connectivity index (χ4v) is 0.990. The first-order valence-electron chi connectivity index (χ1n) is 4.00. The molecule has 14 heavy (non-hydrogen) atoms. The van der Waals surface area contributed by atoms with Crippen molar-refractivity contribution in [3.63, 3.8) is 0 Å². The van der Waals surface area contributed by atoms with E-state index in [0.29, 0.717) is 12.3 Å². The van der Waals surface area contributed by atoms with E-state index in [1.165, 1.54) is 25.4 Å². The fraction of sp³-hybridized carbons (Fsp3) is 0.375. The molecule has 0 amide bonds. The van der Waals surface area contributed by atoms with Gasteiger partial charge in [-0.3, -0.25) is 15.1 Å². The highest BCUT2D eigenvalue weighted by atomic mass is 16.6. The van der Waals surface area contributed by atoms with E-state index in [-0.39, 0.29) is 11.7 Å². The normalized spacial score (nSPS) is 12.4. The summed E-state index contributed by atoms with van der Waals surface area (Å²) in [5.41, 5.74) is 6.21. The van der Waals surface area contributed by atoms with Crippen molar-refractivity contribution in [3.8, 4) is 0 Å². The van der Waals surface area contributed by atoms with Gasteiger partial charge in [-0.15, -0.1) is 0 Å². The zero-order chi connectivity index (χ0) is 10.6. The fourth-order valence-electron chi connectivity index (χ4n) is 0.990. The average Bonchev–Trinajstić information content (AvgIpc) is 2.18. The van der Waals surface area contributed by atoms with Gasteiger partial charge in [-0.2, -0.15) is 0 Å². The predicted octanol–water partition coefficient (Wildman–Crippen LogP) is 0.636. The van der Waals surface area contributed by atoms with Crippen molar-refractivity contribution in [1.82, 2.24) is 4.98 Å². The molecule has 1 rings (SSSR count). The lowest BCUT2D eigenvalue weighted by molar-refractivity contribution is -0.385. The molecule has 0 aromatic carbocycles. The van der Waals surface area contributed by atoms with Crippen molar-refractivity contribution in [2.45, 2.75) is 6.04 Å². The van der Waals surface area contributed by atoms with Gasteiger partial charge < -0.3 is 10.5 Å². The molecular formula is C8H11N3O3. The quantitative estimate of drug-likeness (QED) is 0.564. The number of methoxy groups -OCH3 is 1. The molecule has 1 atom stereocenters. The molecule has 0 radical (unpaired) electrons. The number of aromatic nitrogens is 1. The van der Waals surface area contributed by atoms with Crippen LogP contribution in [0.4, 0.5) is 5.69 Å². The van der Waals surface area contributed by atoms with E-state index < -0.39 is 4.92 Å². The number of hydrogen-bond donors (Lipinski definition) is 1. The monoisotopic (exact) mass is 197 g/mol. The summed E-state index contributed by atoms with van der Waals surface area (Å²) in [6.45, 7) is 0.338. The zero-order valence-electron chi connectivity index (χ0n) is 7.71. The molecule has 0 aliphatic carbocycles. The second-order valence-electron chi connectivity index (χ2n) is 2.76. The number of ether oxygens (including phenoxy) is 1. The molecule has 0 bridgehead atoms. The molecule has 6 heteroatoms. The van der Waals surface area contributed by atoms with E-state index in [4.69, 9.17) is 10.5 Å². The minimum absolute atomic E-state index is 0.0432. The third-order valence-corrected chi connectivity index (χ3v) is 1.71. The Morgan fingerprint density at radius 1 is 1.71 bits per heavy atom. The maximum absolute atomic E-state index is 10.3. The molecule has 76 valence electrons. The van der Waals surface area contributed by atoms with E-state index in [2.05, 4.69) is 4.98 Å². The minimum atomic E-state index is -0.501. The molecule has 2 N–H and O–H groups in total. The molecule has 1 heterocycles. The summed E-state index contributed by atoms with van der Waals surface area (Å²) in [6, 6.07) is 2.56. The second kappa shape index (κ2) is 4.64. The van der Waals surface area contributed by atoms with Crippen molar-refractivity contribution < 1.29 is 9.66 Å². The average molecular weight is 197 g/mol. The van der Waals surface area contributed by atoms with E-state index in [1.54, 1.807) is 0 Å². The Balaban J connectivity index is 2.77. The van der Waals surface area contributed by atoms with Crippen LogP contribution in [0.1, 0.15) is 11.7 Å². The Morgan fingerprint density at radius 3 is 2.86 bits per heavy atom. The van der Waals surface area contributed by atoms with Crippen molar-refractivity contribution in [2.24, 2.45) is 5.73 Å². The molecule has 0 aliphatic heterocycles. The summed E-state index contributed by atoms with van der Waals surface area (Å²) in [5.74, 6) is 0. The third kappa shape index (κ3) is 2.48. The standard InChI is InChI=1S/C8H11N3O3/c1-14-5-7(9)8-3-2-6(4-10-8)11(12)13/h2-4,7H,5,9H2,1H3. The molecule has 1 unspecified atom stereocenters. The highest BCUT2D eigenvalue weighted by Crippen LogP contribution is 2.12. The number of nitrogens with zero attached hydrogens (tertiary/aromatic N) is 2. The van der Waals surface area contributed by atoms with E-state index in [9.17, 15) is 10.1 Å². The maximum atomic E-state index is 10.3. The first kappa shape index (κ1) is 10.6. The van der Waals surface area contributed by atoms with Gasteiger partial charge in [0.2, 0.25) is 0 Å². The van der Waals surface area contributed by atoms with E-state index in [1.807, 2.05) is 0 Å². The lowest BCUT2D eigenvalue weighted by Crippen LogP contribution is -2.17. The van der Waals surface area contributed by atoms with Crippen molar-refractivity contribution in [1.29, 1.82) is 0 Å². The highest BCUT2D eigenvalue weighted by Gasteiger charge is 2.10. The van der Waals surface area contributed by atoms with Crippen LogP contribution in [-0.2, 0) is 4.74 Å². The van der Waals surface area contributed by atoms with Crippen LogP contribution in [0.3, 0.4) is 0 Å². The van der Waals surface area contributed by atoms with E-state index >= 15 is 0 Å². The van der Waals surface area contributed by atoms with Gasteiger partial charge in [0.15, 0.2) is 0 Å². The maximum Gasteiger partial charge on any atom is 0.287 e. The summed E-state index contributed by atoms with van der Waals surface area (Å²) >= 11 is 0. The van der Waals surface area contributed by atoms with Crippen LogP contribution in [0.2, 0.25) is 0 Å². The summed E-state index contributed by atoms with van der Waals surface area (Å²) in [5, 5.41) is 10.3. The zero-order valence-corrected chi connectivity index (χ0v) is 7.71. The SMILES string of the molecule is COCC(N)c1ccc([N+](=O)[O-])cn1. The van der Waals surface area contributed by atoms with Gasteiger partial charge in [0.05, 0.1) is 23.3 Å². The van der Waals surface area contributed by atoms with Gasteiger partial charge in [0, 0.05) is 13.2 Å². The van der Waals surface area contributed by atoms with Crippen LogP contribution >= 0.6 is 0 Å². The van der Waals surface area contributed by atoms with Crippen LogP contribution in [0, 0.1) is 10.1 Å². The summed E-state index contributed by atoms with van der Waals surface area (Å²) < 4.78 is 4.84. The molecule has 1 aromatic rings. The molecule has 0 fully saturated rings. The molecule has 0 spiro atoms. The van der Waals surface area contributed by atoms with E-state index in [0.717, 1.165) is 0 Å². The minimum Gasteiger partial charge on any atom is -0.383 e. The number of rotatable bonds is 4. The summed E-state index contributed by atoms with van der Waals surface area (Å²) in [7, 11) is 1.53. The largest absolute Gasteiger partial charge is 0.383 e. The van der Waals surface area contributed by atoms with Gasteiger partial charge in [-0.1, -0.05) is 0 Å². The molecule has 0 saturated heterocycles. The summed E-state index contributed by atoms with van der Waals surface area (Å²) in [6.07, 6.45) is 1.19. The molecular weight excluding hydrogens is 186 g/mol. The second-order valence-corrected chi connectivity index (χ2v) is 2.76. The Hall–Kier alpha value is -1.53. The number of nitro groups is 1. The Morgan fingerprint density at radius 2 is 2.43 bits per heavy atom. The third-order valence-electron chi connectivity index (χ3n) is 1.71. The van der Waals surface area contributed by atoms with Gasteiger partial charge in [-0.25, -0.2) is 0 Å². The van der Waals surface area contributed by atoms with Gasteiger partial charge in [-0.05, 0) is 6.07 Å². The van der Waals surface area contributed by atoms with Crippen LogP contribution in [0.5, 0.6) is 0 Å². The predicted molar refractivity (Wildman–Crippen MR) is 49.7 cm³/mol. The first-order valence-corrected chi connectivity index (χ1v) is 4.00. The molecule has 0 saturated carbocycles. The van der Waals surface area contributed by atoms with Crippen molar-refractivity contribution in [3.05, 3.63) is 34.1 Å².